The summed E-state index contributed by atoms with van der Waals surface area (Å²) in [5.74, 6) is 1.40. The fraction of sp³-hybridized carbons (Fsp3) is 0.500. The lowest BCUT2D eigenvalue weighted by Crippen LogP contribution is -2.32. The summed E-state index contributed by atoms with van der Waals surface area (Å²) in [5.41, 5.74) is 0.911. The van der Waals surface area contributed by atoms with E-state index in [1.54, 1.807) is 19.1 Å². The van der Waals surface area contributed by atoms with Crippen LogP contribution in [0.5, 0.6) is 11.5 Å². The van der Waals surface area contributed by atoms with Crippen LogP contribution < -0.4 is 9.47 Å². The van der Waals surface area contributed by atoms with Crippen molar-refractivity contribution in [2.45, 2.75) is 19.9 Å². The fourth-order valence-corrected chi connectivity index (χ4v) is 2.03. The van der Waals surface area contributed by atoms with Gasteiger partial charge in [0.15, 0.2) is 0 Å². The highest BCUT2D eigenvalue weighted by Crippen LogP contribution is 2.25. The molecule has 0 heterocycles. The van der Waals surface area contributed by atoms with Gasteiger partial charge in [0.05, 0.1) is 14.2 Å². The Morgan fingerprint density at radius 1 is 1.32 bits per heavy atom. The highest BCUT2D eigenvalue weighted by Gasteiger charge is 2.15. The maximum absolute atomic E-state index is 11.8. The highest BCUT2D eigenvalue weighted by molar-refractivity contribution is 6.27. The highest BCUT2D eigenvalue weighted by atomic mass is 35.5. The number of carbonyl (C=O) groups excluding carboxylic acids is 1. The number of carbonyl (C=O) groups is 1. The van der Waals surface area contributed by atoms with Crippen LogP contribution in [-0.4, -0.2) is 37.5 Å². The first kappa shape index (κ1) is 15.6. The van der Waals surface area contributed by atoms with Gasteiger partial charge in [-0.15, -0.1) is 11.6 Å². The summed E-state index contributed by atoms with van der Waals surface area (Å²) in [6.45, 7) is 3.17. The average molecular weight is 286 g/mol. The summed E-state index contributed by atoms with van der Waals surface area (Å²) in [5, 5.41) is 0. The molecular formula is C14H20ClNO3. The molecule has 0 saturated heterocycles. The fourth-order valence-electron chi connectivity index (χ4n) is 1.86. The number of amides is 1. The maximum Gasteiger partial charge on any atom is 0.237 e. The number of ether oxygens (including phenoxy) is 2. The summed E-state index contributed by atoms with van der Waals surface area (Å²) in [6.07, 6.45) is 0.884. The molecule has 0 aromatic heterocycles. The Morgan fingerprint density at radius 2 is 2.05 bits per heavy atom. The molecule has 1 amide bonds. The molecule has 0 aliphatic rings. The molecule has 5 heteroatoms. The normalized spacial score (nSPS) is 10.1. The van der Waals surface area contributed by atoms with Crippen LogP contribution in [0.1, 0.15) is 18.9 Å². The molecule has 19 heavy (non-hydrogen) atoms. The number of methoxy groups -OCH3 is 2. The van der Waals surface area contributed by atoms with Gasteiger partial charge < -0.3 is 14.4 Å². The lowest BCUT2D eigenvalue weighted by Gasteiger charge is -2.22. The predicted molar refractivity (Wildman–Crippen MR) is 76.0 cm³/mol. The minimum Gasteiger partial charge on any atom is -0.497 e. The van der Waals surface area contributed by atoms with Crippen LogP contribution in [0.4, 0.5) is 0 Å². The summed E-state index contributed by atoms with van der Waals surface area (Å²) in [4.78, 5) is 13.5. The van der Waals surface area contributed by atoms with Crippen molar-refractivity contribution < 1.29 is 14.3 Å². The Labute approximate surface area is 119 Å². The molecule has 0 bridgehead atoms. The molecule has 0 saturated carbocycles. The zero-order valence-electron chi connectivity index (χ0n) is 11.6. The number of halogens is 1. The van der Waals surface area contributed by atoms with E-state index in [0.717, 1.165) is 23.5 Å². The minimum absolute atomic E-state index is 0.00765. The van der Waals surface area contributed by atoms with Gasteiger partial charge in [-0.2, -0.15) is 0 Å². The Bertz CT molecular complexity index is 423. The second-order valence-electron chi connectivity index (χ2n) is 4.13. The topological polar surface area (TPSA) is 38.8 Å². The first-order valence-corrected chi connectivity index (χ1v) is 6.74. The number of hydrogen-bond acceptors (Lipinski definition) is 3. The third kappa shape index (κ3) is 4.31. The third-order valence-electron chi connectivity index (χ3n) is 2.81. The largest absolute Gasteiger partial charge is 0.497 e. The second-order valence-corrected chi connectivity index (χ2v) is 4.39. The van der Waals surface area contributed by atoms with E-state index < -0.39 is 0 Å². The van der Waals surface area contributed by atoms with Crippen molar-refractivity contribution in [3.05, 3.63) is 23.8 Å². The number of rotatable bonds is 7. The van der Waals surface area contributed by atoms with Crippen molar-refractivity contribution in [1.82, 2.24) is 4.90 Å². The van der Waals surface area contributed by atoms with Crippen LogP contribution in [0.2, 0.25) is 0 Å². The Hall–Kier alpha value is -1.42. The zero-order valence-corrected chi connectivity index (χ0v) is 12.4. The molecule has 0 fully saturated rings. The number of nitrogens with zero attached hydrogens (tertiary/aromatic N) is 1. The van der Waals surface area contributed by atoms with Gasteiger partial charge in [-0.3, -0.25) is 4.79 Å². The van der Waals surface area contributed by atoms with Gasteiger partial charge >= 0.3 is 0 Å². The molecule has 1 aromatic carbocycles. The van der Waals surface area contributed by atoms with Gasteiger partial charge in [0, 0.05) is 18.7 Å². The molecule has 0 N–H and O–H groups in total. The monoisotopic (exact) mass is 285 g/mol. The molecule has 0 spiro atoms. The van der Waals surface area contributed by atoms with Gasteiger partial charge in [-0.05, 0) is 24.6 Å². The van der Waals surface area contributed by atoms with Crippen molar-refractivity contribution in [3.8, 4) is 11.5 Å². The Morgan fingerprint density at radius 3 is 2.58 bits per heavy atom. The van der Waals surface area contributed by atoms with Gasteiger partial charge in [-0.1, -0.05) is 6.92 Å². The van der Waals surface area contributed by atoms with E-state index in [1.165, 1.54) is 0 Å². The van der Waals surface area contributed by atoms with Gasteiger partial charge in [-0.25, -0.2) is 0 Å². The van der Waals surface area contributed by atoms with Crippen molar-refractivity contribution >= 4 is 17.5 Å². The quantitative estimate of drug-likeness (QED) is 0.723. The number of alkyl halides is 1. The predicted octanol–water partition coefficient (Wildman–Crippen LogP) is 2.68. The smallest absolute Gasteiger partial charge is 0.237 e. The van der Waals surface area contributed by atoms with Crippen molar-refractivity contribution in [2.24, 2.45) is 0 Å². The Kier molecular flexibility index (Phi) is 6.50. The van der Waals surface area contributed by atoms with Gasteiger partial charge in [0.25, 0.3) is 0 Å². The van der Waals surface area contributed by atoms with Crippen molar-refractivity contribution in [3.63, 3.8) is 0 Å². The lowest BCUT2D eigenvalue weighted by molar-refractivity contribution is -0.129. The maximum atomic E-state index is 11.8. The van der Waals surface area contributed by atoms with Crippen LogP contribution in [0, 0.1) is 0 Å². The van der Waals surface area contributed by atoms with Crippen LogP contribution in [-0.2, 0) is 11.3 Å². The third-order valence-corrected chi connectivity index (χ3v) is 3.04. The van der Waals surface area contributed by atoms with E-state index in [1.807, 2.05) is 25.1 Å². The van der Waals surface area contributed by atoms with Gasteiger partial charge in [0.2, 0.25) is 5.91 Å². The molecule has 1 rings (SSSR count). The van der Waals surface area contributed by atoms with E-state index in [-0.39, 0.29) is 11.8 Å². The summed E-state index contributed by atoms with van der Waals surface area (Å²) in [6, 6.07) is 5.54. The van der Waals surface area contributed by atoms with Crippen molar-refractivity contribution in [1.29, 1.82) is 0 Å². The number of hydrogen-bond donors (Lipinski definition) is 0. The SMILES string of the molecule is CCCN(Cc1cc(OC)ccc1OC)C(=O)CCl. The molecule has 0 aliphatic heterocycles. The average Bonchev–Trinajstić information content (AvgIpc) is 2.45. The summed E-state index contributed by atoms with van der Waals surface area (Å²) in [7, 11) is 3.22. The molecule has 1 aromatic rings. The summed E-state index contributed by atoms with van der Waals surface area (Å²) < 4.78 is 10.5. The van der Waals surface area contributed by atoms with Crippen molar-refractivity contribution in [2.75, 3.05) is 26.6 Å². The van der Waals surface area contributed by atoms with Crippen LogP contribution in [0.3, 0.4) is 0 Å². The van der Waals surface area contributed by atoms with Crippen LogP contribution >= 0.6 is 11.6 Å². The number of benzene rings is 1. The van der Waals surface area contributed by atoms with E-state index in [4.69, 9.17) is 21.1 Å². The van der Waals surface area contributed by atoms with E-state index in [2.05, 4.69) is 0 Å². The molecule has 106 valence electrons. The molecule has 0 unspecified atom stereocenters. The van der Waals surface area contributed by atoms with Crippen LogP contribution in [0.25, 0.3) is 0 Å². The Balaban J connectivity index is 2.96. The van der Waals surface area contributed by atoms with Gasteiger partial charge in [0.1, 0.15) is 17.4 Å². The van der Waals surface area contributed by atoms with E-state index >= 15 is 0 Å². The first-order chi connectivity index (χ1) is 9.15. The molecule has 0 atom stereocenters. The lowest BCUT2D eigenvalue weighted by atomic mass is 10.1. The molecule has 0 aliphatic carbocycles. The van der Waals surface area contributed by atoms with E-state index in [0.29, 0.717) is 13.1 Å². The molecule has 4 nitrogen and oxygen atoms in total. The standard InChI is InChI=1S/C14H20ClNO3/c1-4-7-16(14(17)9-15)10-11-8-12(18-2)5-6-13(11)19-3/h5-6,8H,4,7,9-10H2,1-3H3. The van der Waals surface area contributed by atoms with Crippen LogP contribution in [0.15, 0.2) is 18.2 Å². The summed E-state index contributed by atoms with van der Waals surface area (Å²) >= 11 is 5.63. The zero-order chi connectivity index (χ0) is 14.3. The minimum atomic E-state index is -0.0756. The first-order valence-electron chi connectivity index (χ1n) is 6.20. The second kappa shape index (κ2) is 7.89. The molecule has 0 radical (unpaired) electrons. The van der Waals surface area contributed by atoms with E-state index in [9.17, 15) is 4.79 Å². The molecular weight excluding hydrogens is 266 g/mol.